The third kappa shape index (κ3) is 10.5. The Morgan fingerprint density at radius 2 is 1.00 bits per heavy atom. The molecule has 4 saturated heterocycles. The first-order valence-electron chi connectivity index (χ1n) is 25.2. The van der Waals surface area contributed by atoms with Crippen LogP contribution in [0.2, 0.25) is 0 Å². The summed E-state index contributed by atoms with van der Waals surface area (Å²) in [7, 11) is 2.60. The SMILES string of the molecule is COC(=O)NC(C(=O)N1CCCC1c1ncc(-c2ccc(C3CCC(c4ccc(-c5cnc(C6CCCN6C(=O)C(NC(=O)OC)C(C)C)[nH]5)cc4)N3c3ccc(N4CCOCC4)cc3)cc2)[nH]1)C(C)C. The van der Waals surface area contributed by atoms with E-state index in [1.165, 1.54) is 31.0 Å². The minimum atomic E-state index is -0.698. The Hall–Kier alpha value is -6.88. The Morgan fingerprint density at radius 3 is 1.41 bits per heavy atom. The average Bonchev–Trinajstić information content (AvgIpc) is 4.27. The van der Waals surface area contributed by atoms with E-state index in [2.05, 4.69) is 103 Å². The molecule has 9 rings (SSSR count). The van der Waals surface area contributed by atoms with Gasteiger partial charge in [0.15, 0.2) is 0 Å². The van der Waals surface area contributed by atoms with Crippen molar-refractivity contribution in [2.75, 3.05) is 63.4 Å². The fourth-order valence-electron chi connectivity index (χ4n) is 10.9. The summed E-state index contributed by atoms with van der Waals surface area (Å²) in [5.74, 6) is 0.969. The highest BCUT2D eigenvalue weighted by molar-refractivity contribution is 5.87. The predicted octanol–water partition coefficient (Wildman–Crippen LogP) is 8.47. The summed E-state index contributed by atoms with van der Waals surface area (Å²) < 4.78 is 15.3. The molecule has 4 fully saturated rings. The van der Waals surface area contributed by atoms with E-state index < -0.39 is 24.3 Å². The Labute approximate surface area is 416 Å². The van der Waals surface area contributed by atoms with Gasteiger partial charge in [0.1, 0.15) is 23.7 Å². The number of likely N-dealkylation sites (tertiary alicyclic amines) is 2. The molecule has 6 heterocycles. The van der Waals surface area contributed by atoms with Crippen molar-refractivity contribution in [2.45, 2.75) is 102 Å². The van der Waals surface area contributed by atoms with E-state index in [-0.39, 0.29) is 47.8 Å². The molecule has 0 spiro atoms. The second kappa shape index (κ2) is 21.6. The van der Waals surface area contributed by atoms with Crippen LogP contribution >= 0.6 is 0 Å². The van der Waals surface area contributed by atoms with Crippen LogP contribution in [0.5, 0.6) is 0 Å². The minimum Gasteiger partial charge on any atom is -0.453 e. The number of imidazole rings is 2. The summed E-state index contributed by atoms with van der Waals surface area (Å²) in [5, 5.41) is 5.46. The van der Waals surface area contributed by atoms with Crippen LogP contribution in [0.25, 0.3) is 22.5 Å². The number of alkyl carbamates (subject to hydrolysis) is 2. The third-order valence-electron chi connectivity index (χ3n) is 14.8. The van der Waals surface area contributed by atoms with E-state index >= 15 is 0 Å². The number of aromatic nitrogens is 4. The molecule has 0 bridgehead atoms. The molecule has 0 saturated carbocycles. The van der Waals surface area contributed by atoms with Gasteiger partial charge in [-0.1, -0.05) is 76.2 Å². The lowest BCUT2D eigenvalue weighted by Crippen LogP contribution is -2.51. The van der Waals surface area contributed by atoms with Gasteiger partial charge in [-0.05, 0) is 96.9 Å². The number of amides is 4. The highest BCUT2D eigenvalue weighted by Crippen LogP contribution is 2.48. The van der Waals surface area contributed by atoms with Crippen LogP contribution in [0.4, 0.5) is 21.0 Å². The zero-order valence-electron chi connectivity index (χ0n) is 41.7. The van der Waals surface area contributed by atoms with Crippen molar-refractivity contribution in [1.82, 2.24) is 40.4 Å². The second-order valence-corrected chi connectivity index (χ2v) is 19.8. The summed E-state index contributed by atoms with van der Waals surface area (Å²) in [6.45, 7) is 12.0. The maximum absolute atomic E-state index is 13.8. The maximum atomic E-state index is 13.8. The van der Waals surface area contributed by atoms with E-state index in [0.717, 1.165) is 105 Å². The number of anilines is 2. The summed E-state index contributed by atoms with van der Waals surface area (Å²) in [6, 6.07) is 24.9. The van der Waals surface area contributed by atoms with Crippen LogP contribution in [0.1, 0.15) is 113 Å². The molecule has 17 nitrogen and oxygen atoms in total. The van der Waals surface area contributed by atoms with Crippen molar-refractivity contribution in [3.8, 4) is 22.5 Å². The van der Waals surface area contributed by atoms with Crippen LogP contribution in [0.15, 0.2) is 85.2 Å². The van der Waals surface area contributed by atoms with Gasteiger partial charge in [0.05, 0.1) is 75.4 Å². The number of H-pyrrole nitrogens is 2. The number of methoxy groups -OCH3 is 2. The average molecular weight is 969 g/mol. The van der Waals surface area contributed by atoms with Gasteiger partial charge >= 0.3 is 12.2 Å². The molecule has 4 aliphatic heterocycles. The normalized spacial score (nSPS) is 21.2. The first-order chi connectivity index (χ1) is 34.4. The van der Waals surface area contributed by atoms with Crippen molar-refractivity contribution in [2.24, 2.45) is 11.8 Å². The van der Waals surface area contributed by atoms with Gasteiger partial charge in [-0.15, -0.1) is 0 Å². The number of carbonyl (C=O) groups excluding carboxylic acids is 4. The number of nitrogens with one attached hydrogen (secondary N) is 4. The highest BCUT2D eigenvalue weighted by atomic mass is 16.5. The van der Waals surface area contributed by atoms with Gasteiger partial charge in [-0.25, -0.2) is 19.6 Å². The summed E-state index contributed by atoms with van der Waals surface area (Å²) >= 11 is 0. The number of carbonyl (C=O) groups is 4. The number of ether oxygens (including phenoxy) is 3. The number of morpholine rings is 1. The topological polar surface area (TPSA) is 190 Å². The quantitative estimate of drug-likeness (QED) is 0.0835. The molecule has 5 aromatic rings. The van der Waals surface area contributed by atoms with Gasteiger partial charge in [0, 0.05) is 37.6 Å². The lowest BCUT2D eigenvalue weighted by atomic mass is 10.0. The number of hydrogen-bond donors (Lipinski definition) is 4. The van der Waals surface area contributed by atoms with Gasteiger partial charge in [0.2, 0.25) is 11.8 Å². The smallest absolute Gasteiger partial charge is 0.407 e. The molecule has 6 atom stereocenters. The lowest BCUT2D eigenvalue weighted by Gasteiger charge is -2.34. The molecule has 0 aliphatic carbocycles. The van der Waals surface area contributed by atoms with Crippen molar-refractivity contribution in [3.63, 3.8) is 0 Å². The predicted molar refractivity (Wildman–Crippen MR) is 270 cm³/mol. The number of hydrogen-bond acceptors (Lipinski definition) is 11. The molecule has 2 aromatic heterocycles. The second-order valence-electron chi connectivity index (χ2n) is 19.8. The van der Waals surface area contributed by atoms with Crippen LogP contribution in [0, 0.1) is 11.8 Å². The Kier molecular flexibility index (Phi) is 15.0. The van der Waals surface area contributed by atoms with Gasteiger partial charge in [-0.2, -0.15) is 0 Å². The Bertz CT molecular complexity index is 2480. The third-order valence-corrected chi connectivity index (χ3v) is 14.8. The van der Waals surface area contributed by atoms with E-state index in [9.17, 15) is 19.2 Å². The largest absolute Gasteiger partial charge is 0.453 e. The van der Waals surface area contributed by atoms with Gasteiger partial charge in [-0.3, -0.25) is 9.59 Å². The number of nitrogens with zero attached hydrogens (tertiary/aromatic N) is 6. The molecular weight excluding hydrogens is 901 g/mol. The molecule has 376 valence electrons. The molecule has 4 N–H and O–H groups in total. The Morgan fingerprint density at radius 1 is 0.577 bits per heavy atom. The molecule has 6 unspecified atom stereocenters. The van der Waals surface area contributed by atoms with Crippen LogP contribution in [-0.2, 0) is 23.8 Å². The lowest BCUT2D eigenvalue weighted by molar-refractivity contribution is -0.136. The zero-order chi connectivity index (χ0) is 49.8. The molecule has 4 aliphatic rings. The Balaban J connectivity index is 0.931. The van der Waals surface area contributed by atoms with E-state index in [1.54, 1.807) is 0 Å². The molecule has 4 amide bonds. The van der Waals surface area contributed by atoms with E-state index in [0.29, 0.717) is 13.1 Å². The molecule has 3 aromatic carbocycles. The zero-order valence-corrected chi connectivity index (χ0v) is 41.7. The minimum absolute atomic E-state index is 0.115. The standard InChI is InChI=1S/C54H68N10O7/c1-33(2)47(59-53(67)69-5)51(65)62-25-7-9-45(62)49-55-31-41(57-49)35-11-15-37(16-12-35)43-23-24-44(64(43)40-21-19-39(20-22-40)61-27-29-71-30-28-61)38-17-13-36(14-18-38)42-32-56-50(58-42)46-10-8-26-63(46)52(66)48(34(3)4)60-54(68)70-6/h11-22,31-34,43-48H,7-10,23-30H2,1-6H3,(H,55,57)(H,56,58)(H,59,67)(H,60,68). The number of rotatable bonds is 14. The summed E-state index contributed by atoms with van der Waals surface area (Å²) in [4.78, 5) is 77.0. The molecular formula is C54H68N10O7. The molecule has 0 radical (unpaired) electrons. The number of aromatic amines is 2. The van der Waals surface area contributed by atoms with Crippen LogP contribution < -0.4 is 20.4 Å². The fraction of sp³-hybridized carbons (Fsp3) is 0.481. The maximum Gasteiger partial charge on any atom is 0.407 e. The van der Waals surface area contributed by atoms with Crippen LogP contribution in [0.3, 0.4) is 0 Å². The first kappa shape index (κ1) is 49.1. The van der Waals surface area contributed by atoms with E-state index in [1.807, 2.05) is 49.9 Å². The van der Waals surface area contributed by atoms with Crippen molar-refractivity contribution >= 4 is 35.4 Å². The fourth-order valence-corrected chi connectivity index (χ4v) is 10.9. The monoisotopic (exact) mass is 969 g/mol. The van der Waals surface area contributed by atoms with Gasteiger partial charge < -0.3 is 54.4 Å². The van der Waals surface area contributed by atoms with E-state index in [4.69, 9.17) is 24.2 Å². The highest BCUT2D eigenvalue weighted by Gasteiger charge is 2.40. The van der Waals surface area contributed by atoms with Crippen molar-refractivity contribution in [3.05, 3.63) is 108 Å². The van der Waals surface area contributed by atoms with Crippen LogP contribution in [-0.4, -0.2) is 119 Å². The first-order valence-corrected chi connectivity index (χ1v) is 25.2. The molecule has 17 heteroatoms. The van der Waals surface area contributed by atoms with Crippen molar-refractivity contribution < 1.29 is 33.4 Å². The summed E-state index contributed by atoms with van der Waals surface area (Å²) in [6.07, 6.45) is 7.63. The summed E-state index contributed by atoms with van der Waals surface area (Å²) in [5.41, 5.74) is 8.57. The number of benzene rings is 3. The van der Waals surface area contributed by atoms with Gasteiger partial charge in [0.25, 0.3) is 0 Å². The molecule has 71 heavy (non-hydrogen) atoms. The van der Waals surface area contributed by atoms with Crippen molar-refractivity contribution in [1.29, 1.82) is 0 Å².